The van der Waals surface area contributed by atoms with Crippen molar-refractivity contribution < 1.29 is 9.53 Å². The molecule has 0 bridgehead atoms. The lowest BCUT2D eigenvalue weighted by atomic mass is 10.2. The zero-order chi connectivity index (χ0) is 13.2. The lowest BCUT2D eigenvalue weighted by Gasteiger charge is -2.03. The first-order valence-electron chi connectivity index (χ1n) is 5.68. The van der Waals surface area contributed by atoms with Crippen LogP contribution in [0, 0.1) is 11.3 Å². The number of hydrogen-bond donors (Lipinski definition) is 1. The predicted octanol–water partition coefficient (Wildman–Crippen LogP) is 1.84. The summed E-state index contributed by atoms with van der Waals surface area (Å²) in [5.41, 5.74) is 3.10. The Bertz CT molecular complexity index is 446. The summed E-state index contributed by atoms with van der Waals surface area (Å²) in [6.07, 6.45) is 2.29. The number of nitriles is 1. The maximum Gasteiger partial charge on any atom is 0.254 e. The fraction of sp³-hybridized carbons (Fsp3) is 0.308. The first kappa shape index (κ1) is 13.7. The summed E-state index contributed by atoms with van der Waals surface area (Å²) in [6, 6.07) is 9.10. The maximum atomic E-state index is 10.9. The Hall–Kier alpha value is -2.35. The van der Waals surface area contributed by atoms with Gasteiger partial charge in [-0.3, -0.25) is 4.79 Å². The van der Waals surface area contributed by atoms with Crippen molar-refractivity contribution in [1.29, 1.82) is 5.26 Å². The molecule has 0 spiro atoms. The second-order valence-electron chi connectivity index (χ2n) is 3.55. The molecule has 94 valence electrons. The van der Waals surface area contributed by atoms with Crippen molar-refractivity contribution in [1.82, 2.24) is 5.43 Å². The number of ether oxygens (including phenoxy) is 1. The molecule has 0 saturated heterocycles. The molecular weight excluding hydrogens is 230 g/mol. The highest BCUT2D eigenvalue weighted by molar-refractivity contribution is 5.83. The summed E-state index contributed by atoms with van der Waals surface area (Å²) in [5.74, 6) is 0.388. The number of nitrogens with zero attached hydrogens (tertiary/aromatic N) is 2. The van der Waals surface area contributed by atoms with Gasteiger partial charge in [-0.25, -0.2) is 5.43 Å². The number of amides is 1. The van der Waals surface area contributed by atoms with Crippen LogP contribution in [-0.4, -0.2) is 18.7 Å². The quantitative estimate of drug-likeness (QED) is 0.613. The van der Waals surface area contributed by atoms with Crippen LogP contribution < -0.4 is 10.2 Å². The molecule has 0 radical (unpaired) electrons. The third kappa shape index (κ3) is 5.12. The molecule has 18 heavy (non-hydrogen) atoms. The standard InChI is InChI=1S/C13H15N3O2/c1-2-9-18-12-5-3-11(4-6-12)10-15-16-13(17)7-8-14/h3-6,10H,2,7,9H2,1H3,(H,16,17). The Morgan fingerprint density at radius 3 is 2.83 bits per heavy atom. The van der Waals surface area contributed by atoms with E-state index in [0.717, 1.165) is 17.7 Å². The van der Waals surface area contributed by atoms with E-state index in [1.54, 1.807) is 6.07 Å². The van der Waals surface area contributed by atoms with Gasteiger partial charge in [-0.15, -0.1) is 0 Å². The van der Waals surface area contributed by atoms with Gasteiger partial charge in [0.2, 0.25) is 0 Å². The van der Waals surface area contributed by atoms with E-state index in [1.165, 1.54) is 6.21 Å². The smallest absolute Gasteiger partial charge is 0.254 e. The zero-order valence-corrected chi connectivity index (χ0v) is 10.2. The molecule has 1 aromatic carbocycles. The Kier molecular flexibility index (Phi) is 5.98. The Labute approximate surface area is 106 Å². The van der Waals surface area contributed by atoms with Crippen molar-refractivity contribution in [3.05, 3.63) is 29.8 Å². The second kappa shape index (κ2) is 7.85. The molecule has 0 aliphatic carbocycles. The topological polar surface area (TPSA) is 74.5 Å². The summed E-state index contributed by atoms with van der Waals surface area (Å²) >= 11 is 0. The highest BCUT2D eigenvalue weighted by atomic mass is 16.5. The molecule has 0 atom stereocenters. The molecule has 0 aliphatic rings. The van der Waals surface area contributed by atoms with Gasteiger partial charge in [0.25, 0.3) is 5.91 Å². The van der Waals surface area contributed by atoms with Crippen molar-refractivity contribution in [2.45, 2.75) is 19.8 Å². The molecule has 0 aliphatic heterocycles. The van der Waals surface area contributed by atoms with E-state index in [2.05, 4.69) is 10.5 Å². The summed E-state index contributed by atoms with van der Waals surface area (Å²) in [4.78, 5) is 10.9. The molecule has 1 amide bonds. The van der Waals surface area contributed by atoms with Crippen molar-refractivity contribution in [2.24, 2.45) is 5.10 Å². The Morgan fingerprint density at radius 1 is 1.50 bits per heavy atom. The molecule has 1 aromatic rings. The van der Waals surface area contributed by atoms with Crippen LogP contribution in [0.3, 0.4) is 0 Å². The fourth-order valence-corrected chi connectivity index (χ4v) is 1.16. The van der Waals surface area contributed by atoms with Gasteiger partial charge in [-0.2, -0.15) is 10.4 Å². The number of hydrazone groups is 1. The number of carbonyl (C=O) groups excluding carboxylic acids is 1. The molecule has 5 nitrogen and oxygen atoms in total. The highest BCUT2D eigenvalue weighted by Crippen LogP contribution is 2.11. The summed E-state index contributed by atoms with van der Waals surface area (Å²) in [5, 5.41) is 12.0. The SMILES string of the molecule is CCCOc1ccc(C=NNC(=O)CC#N)cc1. The largest absolute Gasteiger partial charge is 0.494 e. The monoisotopic (exact) mass is 245 g/mol. The summed E-state index contributed by atoms with van der Waals surface area (Å²) in [7, 11) is 0. The second-order valence-corrected chi connectivity index (χ2v) is 3.55. The van der Waals surface area contributed by atoms with Crippen molar-refractivity contribution in [2.75, 3.05) is 6.61 Å². The predicted molar refractivity (Wildman–Crippen MR) is 68.2 cm³/mol. The van der Waals surface area contributed by atoms with E-state index in [9.17, 15) is 4.79 Å². The average Bonchev–Trinajstić information content (AvgIpc) is 2.38. The molecule has 0 aromatic heterocycles. The fourth-order valence-electron chi connectivity index (χ4n) is 1.16. The van der Waals surface area contributed by atoms with Crippen molar-refractivity contribution in [3.8, 4) is 11.8 Å². The van der Waals surface area contributed by atoms with Crippen LogP contribution >= 0.6 is 0 Å². The van der Waals surface area contributed by atoms with Gasteiger partial charge in [-0.05, 0) is 36.2 Å². The maximum absolute atomic E-state index is 10.9. The number of carbonyl (C=O) groups is 1. The summed E-state index contributed by atoms with van der Waals surface area (Å²) < 4.78 is 5.43. The van der Waals surface area contributed by atoms with Crippen LogP contribution in [0.1, 0.15) is 25.3 Å². The van der Waals surface area contributed by atoms with Crippen LogP contribution in [0.25, 0.3) is 0 Å². The van der Waals surface area contributed by atoms with Crippen LogP contribution in [0.2, 0.25) is 0 Å². The average molecular weight is 245 g/mol. The molecule has 0 unspecified atom stereocenters. The summed E-state index contributed by atoms with van der Waals surface area (Å²) in [6.45, 7) is 2.74. The first-order valence-corrected chi connectivity index (χ1v) is 5.68. The van der Waals surface area contributed by atoms with Gasteiger partial charge in [-0.1, -0.05) is 6.92 Å². The van der Waals surface area contributed by atoms with E-state index >= 15 is 0 Å². The first-order chi connectivity index (χ1) is 8.76. The Balaban J connectivity index is 2.46. The van der Waals surface area contributed by atoms with Gasteiger partial charge in [0, 0.05) is 0 Å². The number of benzene rings is 1. The minimum Gasteiger partial charge on any atom is -0.494 e. The third-order valence-corrected chi connectivity index (χ3v) is 2.00. The van der Waals surface area contributed by atoms with Crippen LogP contribution in [0.5, 0.6) is 5.75 Å². The zero-order valence-electron chi connectivity index (χ0n) is 10.2. The molecule has 0 fully saturated rings. The van der Waals surface area contributed by atoms with E-state index < -0.39 is 5.91 Å². The normalized spacial score (nSPS) is 10.0. The minimum atomic E-state index is -0.420. The number of hydrogen-bond acceptors (Lipinski definition) is 4. The van der Waals surface area contributed by atoms with Crippen LogP contribution in [-0.2, 0) is 4.79 Å². The lowest BCUT2D eigenvalue weighted by molar-refractivity contribution is -0.120. The molecule has 1 rings (SSSR count). The van der Waals surface area contributed by atoms with Gasteiger partial charge in [0.15, 0.2) is 0 Å². The van der Waals surface area contributed by atoms with Gasteiger partial charge >= 0.3 is 0 Å². The van der Waals surface area contributed by atoms with E-state index in [-0.39, 0.29) is 6.42 Å². The van der Waals surface area contributed by atoms with Crippen molar-refractivity contribution >= 4 is 12.1 Å². The molecule has 0 saturated carbocycles. The molecule has 0 heterocycles. The van der Waals surface area contributed by atoms with Gasteiger partial charge in [0.1, 0.15) is 12.2 Å². The third-order valence-electron chi connectivity index (χ3n) is 2.00. The van der Waals surface area contributed by atoms with Crippen LogP contribution in [0.4, 0.5) is 0 Å². The number of nitrogens with one attached hydrogen (secondary N) is 1. The van der Waals surface area contributed by atoms with E-state index in [4.69, 9.17) is 10.00 Å². The number of rotatable bonds is 6. The minimum absolute atomic E-state index is 0.193. The molecule has 1 N–H and O–H groups in total. The molecular formula is C13H15N3O2. The van der Waals surface area contributed by atoms with E-state index in [1.807, 2.05) is 31.2 Å². The molecule has 5 heteroatoms. The van der Waals surface area contributed by atoms with Crippen molar-refractivity contribution in [3.63, 3.8) is 0 Å². The van der Waals surface area contributed by atoms with Gasteiger partial charge < -0.3 is 4.74 Å². The van der Waals surface area contributed by atoms with Crippen LogP contribution in [0.15, 0.2) is 29.4 Å². The Morgan fingerprint density at radius 2 is 2.22 bits per heavy atom. The lowest BCUT2D eigenvalue weighted by Crippen LogP contribution is -2.16. The van der Waals surface area contributed by atoms with E-state index in [0.29, 0.717) is 6.61 Å². The van der Waals surface area contributed by atoms with Gasteiger partial charge in [0.05, 0.1) is 18.9 Å². The highest BCUT2D eigenvalue weighted by Gasteiger charge is 1.96.